The first-order valence-electron chi connectivity index (χ1n) is 3.48. The molecule has 0 atom stereocenters. The van der Waals surface area contributed by atoms with Crippen molar-refractivity contribution in [2.24, 2.45) is 4.99 Å². The van der Waals surface area contributed by atoms with Gasteiger partial charge in [-0.1, -0.05) is 6.08 Å². The van der Waals surface area contributed by atoms with Crippen LogP contribution in [-0.4, -0.2) is 12.4 Å². The molecule has 0 amide bonds. The topological polar surface area (TPSA) is 12.4 Å². The van der Waals surface area contributed by atoms with Crippen LogP contribution in [0.4, 0.5) is 13.2 Å². The summed E-state index contributed by atoms with van der Waals surface area (Å²) >= 11 is 0. The maximum atomic E-state index is 12.0. The number of rotatable bonds is 0. The third-order valence-electron chi connectivity index (χ3n) is 1.45. The second-order valence-electron chi connectivity index (χ2n) is 2.53. The Kier molecular flexibility index (Phi) is 2.35. The highest BCUT2D eigenvalue weighted by molar-refractivity contribution is 5.79. The summed E-state index contributed by atoms with van der Waals surface area (Å²) < 4.78 is 36.1. The lowest BCUT2D eigenvalue weighted by molar-refractivity contribution is -0.0924. The van der Waals surface area contributed by atoms with Gasteiger partial charge in [-0.25, -0.2) is 0 Å². The fraction of sp³-hybridized carbons (Fsp3) is 0.375. The highest BCUT2D eigenvalue weighted by atomic mass is 19.4. The van der Waals surface area contributed by atoms with Crippen LogP contribution in [-0.2, 0) is 0 Å². The molecule has 0 N–H and O–H groups in total. The number of halogens is 3. The molecule has 12 heavy (non-hydrogen) atoms. The Hall–Kier alpha value is -1.06. The highest BCUT2D eigenvalue weighted by Crippen LogP contribution is 2.27. The average molecular weight is 175 g/mol. The molecule has 0 bridgehead atoms. The van der Waals surface area contributed by atoms with Crippen molar-refractivity contribution in [3.63, 3.8) is 0 Å². The van der Waals surface area contributed by atoms with Gasteiger partial charge in [0.05, 0.1) is 0 Å². The maximum Gasteiger partial charge on any atom is 0.433 e. The third-order valence-corrected chi connectivity index (χ3v) is 1.45. The molecule has 0 spiro atoms. The fourth-order valence-corrected chi connectivity index (χ4v) is 0.822. The summed E-state index contributed by atoms with van der Waals surface area (Å²) in [5, 5.41) is 0. The Morgan fingerprint density at radius 1 is 1.33 bits per heavy atom. The van der Waals surface area contributed by atoms with Crippen molar-refractivity contribution in [2.45, 2.75) is 19.5 Å². The minimum Gasteiger partial charge on any atom is -0.252 e. The van der Waals surface area contributed by atoms with Crippen LogP contribution in [0.25, 0.3) is 0 Å². The minimum atomic E-state index is -4.32. The smallest absolute Gasteiger partial charge is 0.252 e. The summed E-state index contributed by atoms with van der Waals surface area (Å²) in [6.07, 6.45) is -0.0306. The number of aliphatic imine (C=N–C) groups is 1. The third kappa shape index (κ3) is 2.22. The number of hydrogen-bond acceptors (Lipinski definition) is 1. The first kappa shape index (κ1) is 9.03. The fourth-order valence-electron chi connectivity index (χ4n) is 0.822. The van der Waals surface area contributed by atoms with Gasteiger partial charge in [-0.15, -0.1) is 0 Å². The van der Waals surface area contributed by atoms with E-state index >= 15 is 0 Å². The molecule has 0 aromatic carbocycles. The van der Waals surface area contributed by atoms with E-state index in [1.165, 1.54) is 6.21 Å². The van der Waals surface area contributed by atoms with Crippen LogP contribution >= 0.6 is 0 Å². The SMILES string of the molecule is CC1=CCC=C(C(F)(F)F)N=C1. The van der Waals surface area contributed by atoms with Gasteiger partial charge in [0.15, 0.2) is 0 Å². The monoisotopic (exact) mass is 175 g/mol. The first-order valence-corrected chi connectivity index (χ1v) is 3.48. The lowest BCUT2D eigenvalue weighted by Gasteiger charge is -2.04. The van der Waals surface area contributed by atoms with E-state index in [-0.39, 0.29) is 0 Å². The van der Waals surface area contributed by atoms with Crippen LogP contribution in [0.1, 0.15) is 13.3 Å². The van der Waals surface area contributed by atoms with Crippen molar-refractivity contribution >= 4 is 6.21 Å². The van der Waals surface area contributed by atoms with Crippen molar-refractivity contribution in [1.29, 1.82) is 0 Å². The van der Waals surface area contributed by atoms with Crippen LogP contribution in [0.5, 0.6) is 0 Å². The Morgan fingerprint density at radius 2 is 2.00 bits per heavy atom. The summed E-state index contributed by atoms with van der Waals surface area (Å²) in [4.78, 5) is 3.32. The van der Waals surface area contributed by atoms with E-state index in [0.717, 1.165) is 11.6 Å². The quantitative estimate of drug-likeness (QED) is 0.536. The first-order chi connectivity index (χ1) is 5.50. The predicted octanol–water partition coefficient (Wildman–Crippen LogP) is 2.85. The molecular formula is C8H8F3N. The van der Waals surface area contributed by atoms with Gasteiger partial charge >= 0.3 is 6.18 Å². The Labute approximate surface area is 68.3 Å². The lowest BCUT2D eigenvalue weighted by atomic mass is 10.2. The van der Waals surface area contributed by atoms with Gasteiger partial charge in [-0.05, 0) is 25.0 Å². The Bertz CT molecular complexity index is 258. The number of hydrogen-bond donors (Lipinski definition) is 0. The molecule has 1 nitrogen and oxygen atoms in total. The van der Waals surface area contributed by atoms with Crippen LogP contribution in [0.2, 0.25) is 0 Å². The Balaban J connectivity index is 2.85. The maximum absolute atomic E-state index is 12.0. The van der Waals surface area contributed by atoms with Crippen molar-refractivity contribution in [2.75, 3.05) is 0 Å². The number of alkyl halides is 3. The molecule has 66 valence electrons. The molecule has 1 rings (SSSR count). The van der Waals surface area contributed by atoms with Crippen molar-refractivity contribution in [1.82, 2.24) is 0 Å². The van der Waals surface area contributed by atoms with E-state index in [0.29, 0.717) is 6.42 Å². The van der Waals surface area contributed by atoms with Crippen LogP contribution in [0.3, 0.4) is 0 Å². The van der Waals surface area contributed by atoms with Gasteiger partial charge in [0.1, 0.15) is 5.70 Å². The summed E-state index contributed by atoms with van der Waals surface area (Å²) in [6.45, 7) is 1.72. The Morgan fingerprint density at radius 3 is 2.58 bits per heavy atom. The van der Waals surface area contributed by atoms with E-state index in [4.69, 9.17) is 0 Å². The van der Waals surface area contributed by atoms with E-state index < -0.39 is 11.9 Å². The summed E-state index contributed by atoms with van der Waals surface area (Å²) in [5.74, 6) is 0. The summed E-state index contributed by atoms with van der Waals surface area (Å²) in [7, 11) is 0. The van der Waals surface area contributed by atoms with Gasteiger partial charge in [-0.3, -0.25) is 4.99 Å². The van der Waals surface area contributed by atoms with Crippen molar-refractivity contribution in [3.8, 4) is 0 Å². The molecule has 0 aromatic heterocycles. The van der Waals surface area contributed by atoms with Gasteiger partial charge in [0, 0.05) is 6.21 Å². The molecule has 0 radical (unpaired) electrons. The average Bonchev–Trinajstić information content (AvgIpc) is 2.11. The molecule has 1 aliphatic heterocycles. The van der Waals surface area contributed by atoms with E-state index in [1.807, 2.05) is 0 Å². The molecule has 4 heteroatoms. The standard InChI is InChI=1S/C8H8F3N/c1-6-3-2-4-7(12-5-6)8(9,10)11/h3-5H,2H2,1H3. The van der Waals surface area contributed by atoms with Crippen LogP contribution in [0, 0.1) is 0 Å². The molecule has 1 heterocycles. The van der Waals surface area contributed by atoms with E-state index in [2.05, 4.69) is 4.99 Å². The molecule has 1 aliphatic rings. The molecular weight excluding hydrogens is 167 g/mol. The van der Waals surface area contributed by atoms with Gasteiger partial charge in [0.25, 0.3) is 0 Å². The number of nitrogens with zero attached hydrogens (tertiary/aromatic N) is 1. The highest BCUT2D eigenvalue weighted by Gasteiger charge is 2.33. The second kappa shape index (κ2) is 3.13. The van der Waals surface area contributed by atoms with Crippen LogP contribution < -0.4 is 0 Å². The lowest BCUT2D eigenvalue weighted by Crippen LogP contribution is -2.09. The molecule has 0 aliphatic carbocycles. The zero-order valence-electron chi connectivity index (χ0n) is 6.52. The normalized spacial score (nSPS) is 18.3. The van der Waals surface area contributed by atoms with Crippen molar-refractivity contribution in [3.05, 3.63) is 23.4 Å². The zero-order valence-corrected chi connectivity index (χ0v) is 6.52. The van der Waals surface area contributed by atoms with Gasteiger partial charge in [-0.2, -0.15) is 13.2 Å². The van der Waals surface area contributed by atoms with Crippen LogP contribution in [0.15, 0.2) is 28.4 Å². The molecule has 0 unspecified atom stereocenters. The van der Waals surface area contributed by atoms with Crippen molar-refractivity contribution < 1.29 is 13.2 Å². The minimum absolute atomic E-state index is 0.292. The second-order valence-corrected chi connectivity index (χ2v) is 2.53. The largest absolute Gasteiger partial charge is 0.433 e. The molecule has 0 aromatic rings. The number of allylic oxidation sites excluding steroid dienone is 4. The van der Waals surface area contributed by atoms with Gasteiger partial charge in [0.2, 0.25) is 0 Å². The van der Waals surface area contributed by atoms with E-state index in [9.17, 15) is 13.2 Å². The molecule has 0 saturated heterocycles. The zero-order chi connectivity index (χ0) is 9.19. The van der Waals surface area contributed by atoms with Gasteiger partial charge < -0.3 is 0 Å². The predicted molar refractivity (Wildman–Crippen MR) is 41.0 cm³/mol. The van der Waals surface area contributed by atoms with E-state index in [1.54, 1.807) is 13.0 Å². The summed E-state index contributed by atoms with van der Waals surface area (Å²) in [5.41, 5.74) is -0.0545. The molecule has 0 saturated carbocycles. The summed E-state index contributed by atoms with van der Waals surface area (Å²) in [6, 6.07) is 0. The molecule has 0 fully saturated rings.